The minimum Gasteiger partial charge on any atom is -0.497 e. The number of ether oxygens (including phenoxy) is 1. The van der Waals surface area contributed by atoms with Gasteiger partial charge in [-0.15, -0.1) is 0 Å². The number of methoxy groups -OCH3 is 1. The third-order valence-electron chi connectivity index (χ3n) is 3.54. The summed E-state index contributed by atoms with van der Waals surface area (Å²) in [6.07, 6.45) is 2.14. The molecule has 0 saturated carbocycles. The topological polar surface area (TPSA) is 29.5 Å². The Morgan fingerprint density at radius 1 is 1.26 bits per heavy atom. The Kier molecular flexibility index (Phi) is 5.40. The standard InChI is InChI=1S/C16H25NO2/c1-6-7-12-17(4)15(18)16(2,3)13-8-10-14(19-5)11-9-13/h8-11H,6-7,12H2,1-5H3. The number of hydrogen-bond donors (Lipinski definition) is 0. The van der Waals surface area contributed by atoms with Crippen molar-refractivity contribution in [2.45, 2.75) is 39.0 Å². The summed E-state index contributed by atoms with van der Waals surface area (Å²) >= 11 is 0. The van der Waals surface area contributed by atoms with Crippen LogP contribution in [-0.4, -0.2) is 31.5 Å². The molecule has 19 heavy (non-hydrogen) atoms. The van der Waals surface area contributed by atoms with Gasteiger partial charge in [0.05, 0.1) is 12.5 Å². The monoisotopic (exact) mass is 263 g/mol. The van der Waals surface area contributed by atoms with E-state index in [-0.39, 0.29) is 5.91 Å². The first-order chi connectivity index (χ1) is 8.93. The van der Waals surface area contributed by atoms with Crippen LogP contribution in [0.5, 0.6) is 5.75 Å². The average Bonchev–Trinajstić information content (AvgIpc) is 2.43. The fraction of sp³-hybridized carbons (Fsp3) is 0.562. The normalized spacial score (nSPS) is 11.2. The molecule has 0 atom stereocenters. The highest BCUT2D eigenvalue weighted by Gasteiger charge is 2.32. The maximum atomic E-state index is 12.5. The van der Waals surface area contributed by atoms with Crippen LogP contribution in [0.2, 0.25) is 0 Å². The van der Waals surface area contributed by atoms with E-state index in [2.05, 4.69) is 6.92 Å². The highest BCUT2D eigenvalue weighted by Crippen LogP contribution is 2.27. The summed E-state index contributed by atoms with van der Waals surface area (Å²) in [7, 11) is 3.52. The molecular formula is C16H25NO2. The average molecular weight is 263 g/mol. The van der Waals surface area contributed by atoms with E-state index < -0.39 is 5.41 Å². The summed E-state index contributed by atoms with van der Waals surface area (Å²) in [5, 5.41) is 0. The van der Waals surface area contributed by atoms with Gasteiger partial charge in [-0.1, -0.05) is 25.5 Å². The van der Waals surface area contributed by atoms with Crippen LogP contribution >= 0.6 is 0 Å². The maximum absolute atomic E-state index is 12.5. The Balaban J connectivity index is 2.85. The van der Waals surface area contributed by atoms with Crippen LogP contribution < -0.4 is 4.74 Å². The van der Waals surface area contributed by atoms with Crippen LogP contribution in [0.3, 0.4) is 0 Å². The lowest BCUT2D eigenvalue weighted by Gasteiger charge is -2.30. The smallest absolute Gasteiger partial charge is 0.232 e. The first-order valence-electron chi connectivity index (χ1n) is 6.83. The molecule has 1 aromatic rings. The number of unbranched alkanes of at least 4 members (excludes halogenated alkanes) is 1. The molecule has 1 rings (SSSR count). The molecule has 0 aliphatic carbocycles. The van der Waals surface area contributed by atoms with Gasteiger partial charge in [-0.05, 0) is 38.0 Å². The molecule has 0 saturated heterocycles. The fourth-order valence-corrected chi connectivity index (χ4v) is 2.11. The predicted molar refractivity (Wildman–Crippen MR) is 78.6 cm³/mol. The van der Waals surface area contributed by atoms with Crippen molar-refractivity contribution in [1.29, 1.82) is 0 Å². The largest absolute Gasteiger partial charge is 0.497 e. The molecule has 0 unspecified atom stereocenters. The second-order valence-corrected chi connectivity index (χ2v) is 5.43. The molecule has 1 amide bonds. The van der Waals surface area contributed by atoms with Gasteiger partial charge in [0.25, 0.3) is 0 Å². The predicted octanol–water partition coefficient (Wildman–Crippen LogP) is 3.23. The summed E-state index contributed by atoms with van der Waals surface area (Å²) in [4.78, 5) is 14.3. The molecule has 1 aromatic carbocycles. The number of benzene rings is 1. The summed E-state index contributed by atoms with van der Waals surface area (Å²) in [6, 6.07) is 7.72. The van der Waals surface area contributed by atoms with E-state index in [0.29, 0.717) is 0 Å². The van der Waals surface area contributed by atoms with Gasteiger partial charge < -0.3 is 9.64 Å². The van der Waals surface area contributed by atoms with Crippen molar-refractivity contribution in [2.24, 2.45) is 0 Å². The second kappa shape index (κ2) is 6.60. The van der Waals surface area contributed by atoms with Crippen LogP contribution in [0.4, 0.5) is 0 Å². The van der Waals surface area contributed by atoms with E-state index in [1.165, 1.54) is 0 Å². The SMILES string of the molecule is CCCCN(C)C(=O)C(C)(C)c1ccc(OC)cc1. The van der Waals surface area contributed by atoms with Gasteiger partial charge in [0.1, 0.15) is 5.75 Å². The van der Waals surface area contributed by atoms with E-state index in [9.17, 15) is 4.79 Å². The van der Waals surface area contributed by atoms with Gasteiger partial charge in [-0.3, -0.25) is 4.79 Å². The zero-order valence-electron chi connectivity index (χ0n) is 12.7. The summed E-state index contributed by atoms with van der Waals surface area (Å²) in [5.41, 5.74) is 0.510. The Hall–Kier alpha value is -1.51. The van der Waals surface area contributed by atoms with Crippen molar-refractivity contribution in [3.8, 4) is 5.75 Å². The van der Waals surface area contributed by atoms with E-state index in [0.717, 1.165) is 30.7 Å². The zero-order valence-corrected chi connectivity index (χ0v) is 12.7. The molecule has 106 valence electrons. The molecule has 0 N–H and O–H groups in total. The lowest BCUT2D eigenvalue weighted by Crippen LogP contribution is -2.41. The van der Waals surface area contributed by atoms with Gasteiger partial charge in [-0.25, -0.2) is 0 Å². The second-order valence-electron chi connectivity index (χ2n) is 5.43. The Labute approximate surface area is 116 Å². The lowest BCUT2D eigenvalue weighted by atomic mass is 9.83. The third kappa shape index (κ3) is 3.72. The van der Waals surface area contributed by atoms with Crippen molar-refractivity contribution in [3.63, 3.8) is 0 Å². The number of amides is 1. The summed E-state index contributed by atoms with van der Waals surface area (Å²) in [6.45, 7) is 6.89. The van der Waals surface area contributed by atoms with Gasteiger partial charge >= 0.3 is 0 Å². The minimum absolute atomic E-state index is 0.158. The molecule has 0 fully saturated rings. The van der Waals surface area contributed by atoms with Gasteiger partial charge in [0.15, 0.2) is 0 Å². The van der Waals surface area contributed by atoms with Crippen molar-refractivity contribution in [3.05, 3.63) is 29.8 Å². The number of carbonyl (C=O) groups excluding carboxylic acids is 1. The molecule has 0 heterocycles. The minimum atomic E-state index is -0.505. The highest BCUT2D eigenvalue weighted by atomic mass is 16.5. The van der Waals surface area contributed by atoms with Crippen LogP contribution in [-0.2, 0) is 10.2 Å². The summed E-state index contributed by atoms with van der Waals surface area (Å²) in [5.74, 6) is 0.970. The van der Waals surface area contributed by atoms with Crippen LogP contribution in [0.1, 0.15) is 39.2 Å². The number of hydrogen-bond acceptors (Lipinski definition) is 2. The molecule has 0 bridgehead atoms. The fourth-order valence-electron chi connectivity index (χ4n) is 2.11. The number of rotatable bonds is 6. The summed E-state index contributed by atoms with van der Waals surface area (Å²) < 4.78 is 5.15. The lowest BCUT2D eigenvalue weighted by molar-refractivity contribution is -0.135. The van der Waals surface area contributed by atoms with Crippen molar-refractivity contribution in [2.75, 3.05) is 20.7 Å². The third-order valence-corrected chi connectivity index (χ3v) is 3.54. The quantitative estimate of drug-likeness (QED) is 0.788. The van der Waals surface area contributed by atoms with Crippen LogP contribution in [0.15, 0.2) is 24.3 Å². The van der Waals surface area contributed by atoms with Crippen molar-refractivity contribution >= 4 is 5.91 Å². The van der Waals surface area contributed by atoms with Gasteiger partial charge in [0, 0.05) is 13.6 Å². The Bertz CT molecular complexity index is 409. The Morgan fingerprint density at radius 3 is 2.32 bits per heavy atom. The molecule has 0 aliphatic heterocycles. The molecule has 3 heteroatoms. The first-order valence-corrected chi connectivity index (χ1v) is 6.83. The van der Waals surface area contributed by atoms with Gasteiger partial charge in [0.2, 0.25) is 5.91 Å². The number of carbonyl (C=O) groups is 1. The molecule has 0 aromatic heterocycles. The molecule has 0 spiro atoms. The highest BCUT2D eigenvalue weighted by molar-refractivity contribution is 5.87. The molecule has 0 aliphatic rings. The van der Waals surface area contributed by atoms with Gasteiger partial charge in [-0.2, -0.15) is 0 Å². The van der Waals surface area contributed by atoms with E-state index in [4.69, 9.17) is 4.74 Å². The van der Waals surface area contributed by atoms with Crippen molar-refractivity contribution < 1.29 is 9.53 Å². The van der Waals surface area contributed by atoms with Crippen molar-refractivity contribution in [1.82, 2.24) is 4.90 Å². The van der Waals surface area contributed by atoms with E-state index in [1.54, 1.807) is 7.11 Å². The zero-order chi connectivity index (χ0) is 14.5. The van der Waals surface area contributed by atoms with E-state index >= 15 is 0 Å². The molecule has 3 nitrogen and oxygen atoms in total. The first kappa shape index (κ1) is 15.5. The maximum Gasteiger partial charge on any atom is 0.232 e. The number of likely N-dealkylation sites (N-methyl/N-ethyl adjacent to an activating group) is 1. The van der Waals surface area contributed by atoms with Crippen LogP contribution in [0, 0.1) is 0 Å². The van der Waals surface area contributed by atoms with E-state index in [1.807, 2.05) is 50.1 Å². The number of nitrogens with zero attached hydrogens (tertiary/aromatic N) is 1. The molecule has 0 radical (unpaired) electrons. The molecular weight excluding hydrogens is 238 g/mol. The van der Waals surface area contributed by atoms with Crippen LogP contribution in [0.25, 0.3) is 0 Å². The Morgan fingerprint density at radius 2 is 1.84 bits per heavy atom.